The number of Topliss-reactive ketones (excluding diaryl/α,β-unsaturated/α-hetero) is 1. The Hall–Kier alpha value is -1.04. The van der Waals surface area contributed by atoms with Crippen LogP contribution in [0, 0.1) is 0 Å². The number of carbonyl (C=O) groups is 2. The zero-order valence-electron chi connectivity index (χ0n) is 5.51. The molecule has 0 spiro atoms. The second-order valence-corrected chi connectivity index (χ2v) is 1.76. The van der Waals surface area contributed by atoms with E-state index in [2.05, 4.69) is 0 Å². The first-order valence-electron chi connectivity index (χ1n) is 2.21. The fourth-order valence-corrected chi connectivity index (χ4v) is 0.0787. The second kappa shape index (κ2) is 7.07. The van der Waals surface area contributed by atoms with Crippen LogP contribution < -0.4 is 5.11 Å². The summed E-state index contributed by atoms with van der Waals surface area (Å²) >= 11 is 0. The number of nitrogens with zero attached hydrogens (tertiary/aromatic N) is 1. The van der Waals surface area contributed by atoms with Crippen LogP contribution in [0.25, 0.3) is 5.53 Å². The predicted octanol–water partition coefficient (Wildman–Crippen LogP) is -2.17. The number of ketones is 1. The number of hydrogen-bond acceptors (Lipinski definition) is 3. The maximum Gasteiger partial charge on any atom is 0.692 e. The standard InChI is InChI=1S/C3H4N2O2.HO3P/c1-2(6)3(7)5-4;1-4(2)3/h5H,1H3;(H-,1,2,3)/p+1. The normalized spacial score (nSPS) is 7.18. The molecule has 0 saturated carbocycles. The van der Waals surface area contributed by atoms with Gasteiger partial charge in [0, 0.05) is 11.5 Å². The minimum atomic E-state index is -2.87. The molecule has 0 aromatic heterocycles. The highest BCUT2D eigenvalue weighted by Gasteiger charge is 2.06. The molecule has 7 nitrogen and oxygen atoms in total. The third-order valence-electron chi connectivity index (χ3n) is 0.421. The molecule has 0 aromatic carbocycles. The zero-order valence-corrected chi connectivity index (χ0v) is 6.41. The van der Waals surface area contributed by atoms with Gasteiger partial charge < -0.3 is 5.53 Å². The van der Waals surface area contributed by atoms with Gasteiger partial charge in [-0.15, -0.1) is 9.79 Å². The Labute approximate surface area is 62.5 Å². The summed E-state index contributed by atoms with van der Waals surface area (Å²) < 4.78 is 8.70. The van der Waals surface area contributed by atoms with E-state index in [0.29, 0.717) is 0 Å². The molecule has 0 atom stereocenters. The summed E-state index contributed by atoms with van der Waals surface area (Å²) in [4.78, 5) is 33.8. The Balaban J connectivity index is 0. The van der Waals surface area contributed by atoms with Crippen LogP contribution >= 0.6 is 8.25 Å². The van der Waals surface area contributed by atoms with Gasteiger partial charge in [0.2, 0.25) is 0 Å². The molecule has 0 aliphatic rings. The lowest BCUT2D eigenvalue weighted by Gasteiger charge is -1.74. The third kappa shape index (κ3) is 17.6. The molecule has 0 radical (unpaired) electrons. The van der Waals surface area contributed by atoms with Crippen molar-refractivity contribution in [2.75, 3.05) is 0 Å². The highest BCUT2D eigenvalue weighted by molar-refractivity contribution is 7.30. The zero-order chi connectivity index (χ0) is 9.44. The van der Waals surface area contributed by atoms with E-state index in [4.69, 9.17) is 19.9 Å². The van der Waals surface area contributed by atoms with E-state index in [0.717, 1.165) is 6.92 Å². The van der Waals surface area contributed by atoms with Crippen LogP contribution in [-0.4, -0.2) is 21.5 Å². The van der Waals surface area contributed by atoms with Crippen LogP contribution in [0.3, 0.4) is 0 Å². The van der Waals surface area contributed by atoms with E-state index in [1.807, 2.05) is 0 Å². The molecule has 8 heteroatoms. The quantitative estimate of drug-likeness (QED) is 0.241. The number of hydrogen-bond donors (Lipinski definition) is 3. The van der Waals surface area contributed by atoms with Crippen LogP contribution in [-0.2, 0) is 14.2 Å². The fraction of sp³-hybridized carbons (Fsp3) is 0.333. The lowest BCUT2D eigenvalue weighted by Crippen LogP contribution is -2.70. The average molecular weight is 181 g/mol. The van der Waals surface area contributed by atoms with Gasteiger partial charge in [0.05, 0.1) is 0 Å². The summed E-state index contributed by atoms with van der Waals surface area (Å²) in [7, 11) is -2.87. The molecule has 0 saturated heterocycles. The van der Waals surface area contributed by atoms with Crippen molar-refractivity contribution in [3.05, 3.63) is 5.53 Å². The van der Waals surface area contributed by atoms with Crippen molar-refractivity contribution in [2.24, 2.45) is 0 Å². The summed E-state index contributed by atoms with van der Waals surface area (Å²) in [6.45, 7) is 1.06. The van der Waals surface area contributed by atoms with Crippen molar-refractivity contribution in [1.82, 2.24) is 0 Å². The van der Waals surface area contributed by atoms with Gasteiger partial charge >= 0.3 is 14.2 Å². The van der Waals surface area contributed by atoms with E-state index < -0.39 is 19.9 Å². The number of rotatable bonds is 1. The van der Waals surface area contributed by atoms with Crippen LogP contribution in [0.15, 0.2) is 0 Å². The molecule has 0 heterocycles. The van der Waals surface area contributed by atoms with Crippen LogP contribution in [0.2, 0.25) is 0 Å². The molecule has 0 rings (SSSR count). The second-order valence-electron chi connectivity index (χ2n) is 1.25. The Morgan fingerprint density at radius 1 is 1.45 bits per heavy atom. The van der Waals surface area contributed by atoms with Crippen molar-refractivity contribution in [3.63, 3.8) is 0 Å². The molecule has 0 aromatic rings. The van der Waals surface area contributed by atoms with Gasteiger partial charge in [0.15, 0.2) is 0 Å². The topological polar surface area (TPSA) is 128 Å². The van der Waals surface area contributed by atoms with Gasteiger partial charge in [0.25, 0.3) is 5.78 Å². The molecule has 3 N–H and O–H groups in total. The Morgan fingerprint density at radius 2 is 1.73 bits per heavy atom. The monoisotopic (exact) mass is 181 g/mol. The van der Waals surface area contributed by atoms with Crippen LogP contribution in [0.1, 0.15) is 6.92 Å². The summed E-state index contributed by atoms with van der Waals surface area (Å²) in [5, 5.41) is 1.18. The van der Waals surface area contributed by atoms with Crippen molar-refractivity contribution in [1.29, 1.82) is 0 Å². The minimum Gasteiger partial charge on any atom is -0.499 e. The van der Waals surface area contributed by atoms with Crippen molar-refractivity contribution < 1.29 is 29.1 Å². The highest BCUT2D eigenvalue weighted by Crippen LogP contribution is 1.98. The van der Waals surface area contributed by atoms with E-state index in [-0.39, 0.29) is 0 Å². The SMILES string of the molecule is CC(=O)C(=O)[NH+]=[N-].O=[P+](O)O. The van der Waals surface area contributed by atoms with Crippen LogP contribution in [0.4, 0.5) is 0 Å². The van der Waals surface area contributed by atoms with Gasteiger partial charge in [-0.25, -0.2) is 4.79 Å². The Kier molecular flexibility index (Phi) is 8.11. The molecular formula is C3H6N2O5P+. The average Bonchev–Trinajstić information content (AvgIpc) is 1.85. The predicted molar refractivity (Wildman–Crippen MR) is 32.1 cm³/mol. The Bertz CT molecular complexity index is 186. The van der Waals surface area contributed by atoms with Crippen molar-refractivity contribution in [2.45, 2.75) is 6.92 Å². The van der Waals surface area contributed by atoms with Crippen LogP contribution in [0.5, 0.6) is 0 Å². The molecular weight excluding hydrogens is 175 g/mol. The highest BCUT2D eigenvalue weighted by atomic mass is 31.1. The smallest absolute Gasteiger partial charge is 0.499 e. The maximum atomic E-state index is 9.80. The van der Waals surface area contributed by atoms with E-state index in [1.54, 1.807) is 0 Å². The van der Waals surface area contributed by atoms with E-state index in [9.17, 15) is 9.59 Å². The van der Waals surface area contributed by atoms with Crippen molar-refractivity contribution >= 4 is 19.9 Å². The van der Waals surface area contributed by atoms with Gasteiger partial charge in [-0.3, -0.25) is 9.91 Å². The molecule has 0 bridgehead atoms. The molecule has 11 heavy (non-hydrogen) atoms. The summed E-state index contributed by atoms with van der Waals surface area (Å²) in [6, 6.07) is 0. The summed E-state index contributed by atoms with van der Waals surface area (Å²) in [5.41, 5.74) is 7.68. The third-order valence-corrected chi connectivity index (χ3v) is 0.421. The molecule has 62 valence electrons. The molecule has 0 fully saturated rings. The van der Waals surface area contributed by atoms with Crippen molar-refractivity contribution in [3.8, 4) is 0 Å². The minimum absolute atomic E-state index is 0.706. The number of carbonyl (C=O) groups excluding carboxylic acids is 2. The van der Waals surface area contributed by atoms with Gasteiger partial charge in [0.1, 0.15) is 0 Å². The largest absolute Gasteiger partial charge is 0.692 e. The fourth-order valence-electron chi connectivity index (χ4n) is 0.0787. The molecule has 0 unspecified atom stereocenters. The first kappa shape index (κ1) is 12.6. The number of amides is 1. The van der Waals surface area contributed by atoms with Gasteiger partial charge in [-0.1, -0.05) is 0 Å². The lowest BCUT2D eigenvalue weighted by molar-refractivity contribution is -0.392. The Morgan fingerprint density at radius 3 is 1.73 bits per heavy atom. The van der Waals surface area contributed by atoms with Gasteiger partial charge in [-0.2, -0.15) is 0 Å². The van der Waals surface area contributed by atoms with Gasteiger partial charge in [-0.05, 0) is 0 Å². The molecule has 0 aliphatic carbocycles. The molecule has 1 amide bonds. The lowest BCUT2D eigenvalue weighted by atomic mass is 10.4. The van der Waals surface area contributed by atoms with E-state index >= 15 is 0 Å². The maximum absolute atomic E-state index is 9.80. The number of nitrogens with one attached hydrogen (secondary N) is 1. The summed E-state index contributed by atoms with van der Waals surface area (Å²) in [5.74, 6) is -1.69. The van der Waals surface area contributed by atoms with E-state index in [1.165, 1.54) is 5.11 Å². The first-order valence-corrected chi connectivity index (χ1v) is 3.38. The first-order chi connectivity index (χ1) is 4.91. The molecule has 0 aliphatic heterocycles. The summed E-state index contributed by atoms with van der Waals surface area (Å²) in [6.07, 6.45) is 0.